The molecular weight excluding hydrogens is 411 g/mol. The summed E-state index contributed by atoms with van der Waals surface area (Å²) < 4.78 is 49.7. The fourth-order valence-electron chi connectivity index (χ4n) is 3.62. The third-order valence-corrected chi connectivity index (χ3v) is 5.10. The Morgan fingerprint density at radius 2 is 2.00 bits per heavy atom. The lowest BCUT2D eigenvalue weighted by Crippen LogP contribution is -2.30. The van der Waals surface area contributed by atoms with Gasteiger partial charge < -0.3 is 14.2 Å². The molecule has 1 atom stereocenters. The first-order valence-electron chi connectivity index (χ1n) is 9.92. The molecular formula is C22H20F3N3O3. The summed E-state index contributed by atoms with van der Waals surface area (Å²) in [5, 5.41) is 3.84. The molecule has 0 saturated carbocycles. The highest BCUT2D eigenvalue weighted by Gasteiger charge is 2.35. The van der Waals surface area contributed by atoms with Gasteiger partial charge in [-0.2, -0.15) is 18.2 Å². The van der Waals surface area contributed by atoms with Crippen LogP contribution in [0.15, 0.2) is 53.1 Å². The third kappa shape index (κ3) is 4.40. The number of halogens is 3. The van der Waals surface area contributed by atoms with E-state index >= 15 is 0 Å². The van der Waals surface area contributed by atoms with Gasteiger partial charge in [0.05, 0.1) is 12.2 Å². The third-order valence-electron chi connectivity index (χ3n) is 5.10. The molecule has 1 aliphatic rings. The molecule has 4 rings (SSSR count). The SMILES string of the molecule is CCOc1ccc(C(=O)N2CCC[C@H]2c2nc(-c3cccc(C(F)(F)F)c3)no2)cc1. The smallest absolute Gasteiger partial charge is 0.416 e. The number of hydrogen-bond acceptors (Lipinski definition) is 5. The maximum Gasteiger partial charge on any atom is 0.416 e. The first kappa shape index (κ1) is 20.9. The van der Waals surface area contributed by atoms with E-state index in [0.29, 0.717) is 30.9 Å². The highest BCUT2D eigenvalue weighted by Crippen LogP contribution is 2.35. The molecule has 1 fully saturated rings. The lowest BCUT2D eigenvalue weighted by Gasteiger charge is -2.22. The van der Waals surface area contributed by atoms with Gasteiger partial charge in [0.25, 0.3) is 5.91 Å². The topological polar surface area (TPSA) is 68.5 Å². The van der Waals surface area contributed by atoms with E-state index in [2.05, 4.69) is 10.1 Å². The minimum absolute atomic E-state index is 0.0569. The van der Waals surface area contributed by atoms with Crippen molar-refractivity contribution >= 4 is 5.91 Å². The molecule has 6 nitrogen and oxygen atoms in total. The molecule has 1 amide bonds. The van der Waals surface area contributed by atoms with Crippen LogP contribution in [0.5, 0.6) is 5.75 Å². The van der Waals surface area contributed by atoms with Crippen molar-refractivity contribution in [3.8, 4) is 17.1 Å². The van der Waals surface area contributed by atoms with Crippen LogP contribution in [0.4, 0.5) is 13.2 Å². The van der Waals surface area contributed by atoms with Crippen LogP contribution in [-0.2, 0) is 6.18 Å². The lowest BCUT2D eigenvalue weighted by molar-refractivity contribution is -0.137. The average Bonchev–Trinajstić information content (AvgIpc) is 3.43. The van der Waals surface area contributed by atoms with Crippen molar-refractivity contribution < 1.29 is 27.2 Å². The molecule has 0 unspecified atom stereocenters. The van der Waals surface area contributed by atoms with Crippen molar-refractivity contribution in [2.24, 2.45) is 0 Å². The Bertz CT molecular complexity index is 1060. The quantitative estimate of drug-likeness (QED) is 0.560. The number of nitrogens with zero attached hydrogens (tertiary/aromatic N) is 3. The molecule has 0 bridgehead atoms. The summed E-state index contributed by atoms with van der Waals surface area (Å²) in [4.78, 5) is 18.9. The van der Waals surface area contributed by atoms with Crippen molar-refractivity contribution in [1.29, 1.82) is 0 Å². The molecule has 162 valence electrons. The molecule has 3 aromatic rings. The molecule has 31 heavy (non-hydrogen) atoms. The van der Waals surface area contributed by atoms with Gasteiger partial charge in [-0.25, -0.2) is 0 Å². The van der Waals surface area contributed by atoms with E-state index in [-0.39, 0.29) is 23.2 Å². The van der Waals surface area contributed by atoms with Gasteiger partial charge in [-0.15, -0.1) is 0 Å². The van der Waals surface area contributed by atoms with Crippen LogP contribution in [0.25, 0.3) is 11.4 Å². The first-order chi connectivity index (χ1) is 14.9. The van der Waals surface area contributed by atoms with Gasteiger partial charge in [0.2, 0.25) is 11.7 Å². The van der Waals surface area contributed by atoms with Gasteiger partial charge in [0.15, 0.2) is 0 Å². The fraction of sp³-hybridized carbons (Fsp3) is 0.318. The second-order valence-corrected chi connectivity index (χ2v) is 7.15. The van der Waals surface area contributed by atoms with Gasteiger partial charge in [0.1, 0.15) is 11.8 Å². The number of ether oxygens (including phenoxy) is 1. The van der Waals surface area contributed by atoms with Gasteiger partial charge in [-0.1, -0.05) is 17.3 Å². The zero-order chi connectivity index (χ0) is 22.0. The highest BCUT2D eigenvalue weighted by molar-refractivity contribution is 5.94. The predicted molar refractivity (Wildman–Crippen MR) is 105 cm³/mol. The van der Waals surface area contributed by atoms with Crippen molar-refractivity contribution in [2.45, 2.75) is 32.0 Å². The Morgan fingerprint density at radius 3 is 2.71 bits per heavy atom. The number of hydrogen-bond donors (Lipinski definition) is 0. The number of carbonyl (C=O) groups excluding carboxylic acids is 1. The van der Waals surface area contributed by atoms with Crippen LogP contribution >= 0.6 is 0 Å². The Kier molecular flexibility index (Phi) is 5.67. The molecule has 0 radical (unpaired) electrons. The molecule has 1 aromatic heterocycles. The van der Waals surface area contributed by atoms with E-state index in [1.54, 1.807) is 29.2 Å². The van der Waals surface area contributed by atoms with E-state index < -0.39 is 17.8 Å². The number of carbonyl (C=O) groups is 1. The Morgan fingerprint density at radius 1 is 1.23 bits per heavy atom. The van der Waals surface area contributed by atoms with Crippen LogP contribution in [-0.4, -0.2) is 34.1 Å². The molecule has 0 N–H and O–H groups in total. The average molecular weight is 431 g/mol. The summed E-state index contributed by atoms with van der Waals surface area (Å²) in [6.07, 6.45) is -3.07. The molecule has 0 aliphatic carbocycles. The Balaban J connectivity index is 1.55. The van der Waals surface area contributed by atoms with Gasteiger partial charge in [-0.3, -0.25) is 4.79 Å². The van der Waals surface area contributed by atoms with Crippen molar-refractivity contribution in [3.63, 3.8) is 0 Å². The maximum atomic E-state index is 13.0. The van der Waals surface area contributed by atoms with Gasteiger partial charge in [-0.05, 0) is 56.2 Å². The lowest BCUT2D eigenvalue weighted by atomic mass is 10.1. The number of benzene rings is 2. The van der Waals surface area contributed by atoms with E-state index in [1.165, 1.54) is 12.1 Å². The first-order valence-corrected chi connectivity index (χ1v) is 9.92. The number of amides is 1. The standard InChI is InChI=1S/C22H20F3N3O3/c1-2-30-17-10-8-14(9-11-17)21(29)28-12-4-7-18(28)20-26-19(27-31-20)15-5-3-6-16(13-15)22(23,24)25/h3,5-6,8-11,13,18H,2,4,7,12H2,1H3/t18-/m0/s1. The maximum absolute atomic E-state index is 13.0. The van der Waals surface area contributed by atoms with E-state index in [1.807, 2.05) is 6.92 Å². The molecule has 1 aliphatic heterocycles. The summed E-state index contributed by atoms with van der Waals surface area (Å²) in [5.41, 5.74) is -0.0790. The molecule has 2 aromatic carbocycles. The summed E-state index contributed by atoms with van der Waals surface area (Å²) in [6.45, 7) is 2.94. The molecule has 9 heteroatoms. The van der Waals surface area contributed by atoms with E-state index in [9.17, 15) is 18.0 Å². The number of likely N-dealkylation sites (tertiary alicyclic amines) is 1. The van der Waals surface area contributed by atoms with E-state index in [4.69, 9.17) is 9.26 Å². The number of alkyl halides is 3. The minimum Gasteiger partial charge on any atom is -0.494 e. The van der Waals surface area contributed by atoms with Gasteiger partial charge in [0, 0.05) is 17.7 Å². The largest absolute Gasteiger partial charge is 0.494 e. The van der Waals surface area contributed by atoms with Crippen LogP contribution < -0.4 is 4.74 Å². The zero-order valence-corrected chi connectivity index (χ0v) is 16.7. The van der Waals surface area contributed by atoms with Crippen molar-refractivity contribution in [2.75, 3.05) is 13.2 Å². The van der Waals surface area contributed by atoms with Crippen molar-refractivity contribution in [1.82, 2.24) is 15.0 Å². The Labute approximate surface area is 176 Å². The van der Waals surface area contributed by atoms with Crippen LogP contribution in [0.2, 0.25) is 0 Å². The van der Waals surface area contributed by atoms with Crippen LogP contribution in [0, 0.1) is 0 Å². The normalized spacial score (nSPS) is 16.5. The number of aromatic nitrogens is 2. The zero-order valence-electron chi connectivity index (χ0n) is 16.7. The number of rotatable bonds is 5. The molecule has 2 heterocycles. The summed E-state index contributed by atoms with van der Waals surface area (Å²) in [6, 6.07) is 11.2. The predicted octanol–water partition coefficient (Wildman–Crippen LogP) is 5.13. The molecule has 1 saturated heterocycles. The van der Waals surface area contributed by atoms with Crippen LogP contribution in [0.1, 0.15) is 47.6 Å². The Hall–Kier alpha value is -3.36. The van der Waals surface area contributed by atoms with Gasteiger partial charge >= 0.3 is 6.18 Å². The van der Waals surface area contributed by atoms with E-state index in [0.717, 1.165) is 18.6 Å². The van der Waals surface area contributed by atoms with Crippen LogP contribution in [0.3, 0.4) is 0 Å². The highest BCUT2D eigenvalue weighted by atomic mass is 19.4. The molecule has 0 spiro atoms. The fourth-order valence-corrected chi connectivity index (χ4v) is 3.62. The van der Waals surface area contributed by atoms with Crippen molar-refractivity contribution in [3.05, 3.63) is 65.5 Å². The summed E-state index contributed by atoms with van der Waals surface area (Å²) in [5.74, 6) is 0.773. The summed E-state index contributed by atoms with van der Waals surface area (Å²) >= 11 is 0. The second-order valence-electron chi connectivity index (χ2n) is 7.15. The minimum atomic E-state index is -4.46. The summed E-state index contributed by atoms with van der Waals surface area (Å²) in [7, 11) is 0. The monoisotopic (exact) mass is 431 g/mol. The second kappa shape index (κ2) is 8.41.